The van der Waals surface area contributed by atoms with Gasteiger partial charge in [-0.3, -0.25) is 0 Å². The molecule has 2 saturated carbocycles. The molecular weight excluding hydrogens is 336 g/mol. The van der Waals surface area contributed by atoms with Gasteiger partial charge in [0.1, 0.15) is 0 Å². The van der Waals surface area contributed by atoms with Gasteiger partial charge in [-0.15, -0.1) is 0 Å². The van der Waals surface area contributed by atoms with Gasteiger partial charge in [-0.05, 0) is 77.4 Å². The van der Waals surface area contributed by atoms with Crippen LogP contribution in [0, 0.1) is 45.3 Å². The zero-order valence-corrected chi connectivity index (χ0v) is 20.6. The average Bonchev–Trinajstić information content (AvgIpc) is 3.06. The minimum atomic E-state index is 0. The molecule has 172 valence electrons. The summed E-state index contributed by atoms with van der Waals surface area (Å²) < 4.78 is 0. The van der Waals surface area contributed by atoms with E-state index < -0.39 is 0 Å². The lowest BCUT2D eigenvalue weighted by molar-refractivity contribution is 0.0992. The van der Waals surface area contributed by atoms with Gasteiger partial charge in [-0.25, -0.2) is 0 Å². The number of hydrogen-bond donors (Lipinski definition) is 0. The predicted molar refractivity (Wildman–Crippen MR) is 133 cm³/mol. The molecule has 0 aromatic carbocycles. The fourth-order valence-corrected chi connectivity index (χ4v) is 5.59. The summed E-state index contributed by atoms with van der Waals surface area (Å²) in [6.45, 7) is 28.8. The Bertz CT molecular complexity index is 375. The van der Waals surface area contributed by atoms with E-state index in [4.69, 9.17) is 0 Å². The number of hydrogen-bond acceptors (Lipinski definition) is 0. The summed E-state index contributed by atoms with van der Waals surface area (Å²) in [6.07, 6.45) is 8.70. The molecule has 28 heavy (non-hydrogen) atoms. The predicted octanol–water partition coefficient (Wildman–Crippen LogP) is 10.3. The highest BCUT2D eigenvalue weighted by Gasteiger charge is 2.41. The van der Waals surface area contributed by atoms with E-state index in [0.717, 1.165) is 23.7 Å². The first-order chi connectivity index (χ1) is 11.4. The Kier molecular flexibility index (Phi) is 11.2. The summed E-state index contributed by atoms with van der Waals surface area (Å²) in [5.74, 6) is 3.79. The van der Waals surface area contributed by atoms with E-state index in [-0.39, 0.29) is 14.9 Å². The second-order valence-electron chi connectivity index (χ2n) is 13.8. The Labute approximate surface area is 182 Å². The summed E-state index contributed by atoms with van der Waals surface area (Å²) in [6, 6.07) is 0. The fourth-order valence-electron chi connectivity index (χ4n) is 5.59. The fraction of sp³-hybridized carbons (Fsp3) is 1.00. The van der Waals surface area contributed by atoms with E-state index >= 15 is 0 Å². The molecule has 0 heterocycles. The van der Waals surface area contributed by atoms with Crippen LogP contribution in [0.3, 0.4) is 0 Å². The van der Waals surface area contributed by atoms with Gasteiger partial charge in [-0.2, -0.15) is 0 Å². The summed E-state index contributed by atoms with van der Waals surface area (Å²) in [7, 11) is 0. The van der Waals surface area contributed by atoms with E-state index in [1.54, 1.807) is 0 Å². The van der Waals surface area contributed by atoms with Crippen LogP contribution in [0.1, 0.15) is 136 Å². The first-order valence-electron chi connectivity index (χ1n) is 11.4. The molecule has 0 aliphatic heterocycles. The molecular formula is C28H60. The average molecular weight is 397 g/mol. The molecule has 0 spiro atoms. The smallest absolute Gasteiger partial charge is 0.0332 e. The second kappa shape index (κ2) is 10.3. The minimum absolute atomic E-state index is 0. The monoisotopic (exact) mass is 396 g/mol. The maximum atomic E-state index is 2.40. The van der Waals surface area contributed by atoms with Gasteiger partial charge in [0.15, 0.2) is 0 Å². The van der Waals surface area contributed by atoms with Crippen molar-refractivity contribution >= 4 is 0 Å². The topological polar surface area (TPSA) is 0 Å². The molecule has 0 aromatic rings. The van der Waals surface area contributed by atoms with Crippen LogP contribution in [0.4, 0.5) is 0 Å². The van der Waals surface area contributed by atoms with Crippen LogP contribution in [0.25, 0.3) is 0 Å². The van der Waals surface area contributed by atoms with Crippen molar-refractivity contribution < 1.29 is 0 Å². The molecule has 2 fully saturated rings. The zero-order chi connectivity index (χ0) is 20.6. The maximum absolute atomic E-state index is 2.40. The van der Waals surface area contributed by atoms with E-state index in [1.807, 2.05) is 0 Å². The molecule has 0 saturated heterocycles. The van der Waals surface area contributed by atoms with Crippen LogP contribution in [-0.4, -0.2) is 0 Å². The third-order valence-corrected chi connectivity index (χ3v) is 7.62. The van der Waals surface area contributed by atoms with Crippen molar-refractivity contribution in [1.29, 1.82) is 0 Å². The number of rotatable bonds is 0. The minimum Gasteiger partial charge on any atom is -0.0776 e. The van der Waals surface area contributed by atoms with Gasteiger partial charge in [0.2, 0.25) is 0 Å². The molecule has 0 bridgehead atoms. The molecule has 0 radical (unpaired) electrons. The van der Waals surface area contributed by atoms with Gasteiger partial charge in [0.05, 0.1) is 0 Å². The highest BCUT2D eigenvalue weighted by atomic mass is 14.5. The SMILES string of the molecule is C.C.CC(C)(C)C1CCC(C(C)(C)C)C1.CC(C)(C)C1CCCC1C(C)(C)C. The highest BCUT2D eigenvalue weighted by molar-refractivity contribution is 4.91. The normalized spacial score (nSPS) is 28.7. The summed E-state index contributed by atoms with van der Waals surface area (Å²) in [5.41, 5.74) is 2.07. The Hall–Kier alpha value is 0. The van der Waals surface area contributed by atoms with Crippen molar-refractivity contribution in [1.82, 2.24) is 0 Å². The molecule has 2 aliphatic rings. The molecule has 0 nitrogen and oxygen atoms in total. The van der Waals surface area contributed by atoms with Crippen LogP contribution in [0.15, 0.2) is 0 Å². The van der Waals surface area contributed by atoms with Crippen molar-refractivity contribution in [3.63, 3.8) is 0 Å². The van der Waals surface area contributed by atoms with Gasteiger partial charge < -0.3 is 0 Å². The van der Waals surface area contributed by atoms with E-state index in [9.17, 15) is 0 Å². The molecule has 0 aromatic heterocycles. The third kappa shape index (κ3) is 8.79. The van der Waals surface area contributed by atoms with Crippen LogP contribution in [0.5, 0.6) is 0 Å². The third-order valence-electron chi connectivity index (χ3n) is 7.62. The molecule has 4 atom stereocenters. The van der Waals surface area contributed by atoms with Gasteiger partial charge in [0.25, 0.3) is 0 Å². The van der Waals surface area contributed by atoms with Crippen LogP contribution in [-0.2, 0) is 0 Å². The Morgan fingerprint density at radius 3 is 0.893 bits per heavy atom. The Morgan fingerprint density at radius 2 is 0.714 bits per heavy atom. The largest absolute Gasteiger partial charge is 0.0776 e. The van der Waals surface area contributed by atoms with Gasteiger partial charge >= 0.3 is 0 Å². The molecule has 0 N–H and O–H groups in total. The molecule has 2 rings (SSSR count). The standard InChI is InChI=1S/2C13H26.2CH4/c1-12(2,3)10-7-8-11(9-10)13(4,5)6;1-12(2,3)10-8-7-9-11(10)13(4,5)6;;/h2*10-11H,7-9H2,1-6H3;2*1H4. The summed E-state index contributed by atoms with van der Waals surface area (Å²) in [4.78, 5) is 0. The van der Waals surface area contributed by atoms with Crippen molar-refractivity contribution in [2.45, 2.75) is 136 Å². The van der Waals surface area contributed by atoms with E-state index in [1.165, 1.54) is 38.5 Å². The molecule has 4 unspecified atom stereocenters. The second-order valence-corrected chi connectivity index (χ2v) is 13.8. The van der Waals surface area contributed by atoms with Gasteiger partial charge in [-0.1, -0.05) is 104 Å². The molecule has 2 aliphatic carbocycles. The first-order valence-corrected chi connectivity index (χ1v) is 11.4. The van der Waals surface area contributed by atoms with Crippen molar-refractivity contribution in [2.75, 3.05) is 0 Å². The maximum Gasteiger partial charge on any atom is -0.0332 e. The molecule has 0 heteroatoms. The quantitative estimate of drug-likeness (QED) is 0.382. The zero-order valence-electron chi connectivity index (χ0n) is 20.6. The van der Waals surface area contributed by atoms with Gasteiger partial charge in [0, 0.05) is 0 Å². The van der Waals surface area contributed by atoms with Crippen LogP contribution >= 0.6 is 0 Å². The van der Waals surface area contributed by atoms with Crippen LogP contribution in [0.2, 0.25) is 0 Å². The summed E-state index contributed by atoms with van der Waals surface area (Å²) >= 11 is 0. The van der Waals surface area contributed by atoms with Crippen molar-refractivity contribution in [3.8, 4) is 0 Å². The first kappa shape index (κ1) is 30.2. The lowest BCUT2D eigenvalue weighted by Crippen LogP contribution is -2.32. The summed E-state index contributed by atoms with van der Waals surface area (Å²) in [5, 5.41) is 0. The molecule has 0 amide bonds. The van der Waals surface area contributed by atoms with E-state index in [2.05, 4.69) is 83.1 Å². The van der Waals surface area contributed by atoms with Crippen molar-refractivity contribution in [2.24, 2.45) is 45.3 Å². The Morgan fingerprint density at radius 1 is 0.429 bits per heavy atom. The lowest BCUT2D eigenvalue weighted by atomic mass is 9.66. The van der Waals surface area contributed by atoms with Crippen LogP contribution < -0.4 is 0 Å². The van der Waals surface area contributed by atoms with E-state index in [0.29, 0.717) is 21.7 Å². The lowest BCUT2D eigenvalue weighted by Gasteiger charge is -2.39. The highest BCUT2D eigenvalue weighted by Crippen LogP contribution is 2.50. The van der Waals surface area contributed by atoms with Crippen molar-refractivity contribution in [3.05, 3.63) is 0 Å². The Balaban J connectivity index is 0.